The summed E-state index contributed by atoms with van der Waals surface area (Å²) in [6, 6.07) is 8.01. The molecular formula is C17H30N4O. The van der Waals surface area contributed by atoms with Crippen molar-refractivity contribution < 1.29 is 4.79 Å². The molecule has 1 aromatic rings. The second kappa shape index (κ2) is 10.2. The predicted octanol–water partition coefficient (Wildman–Crippen LogP) is 2.01. The van der Waals surface area contributed by atoms with Crippen molar-refractivity contribution in [2.45, 2.75) is 20.3 Å². The molecule has 5 nitrogen and oxygen atoms in total. The van der Waals surface area contributed by atoms with Crippen LogP contribution < -0.4 is 15.5 Å². The van der Waals surface area contributed by atoms with Crippen LogP contribution in [-0.4, -0.2) is 57.6 Å². The Morgan fingerprint density at radius 3 is 2.27 bits per heavy atom. The van der Waals surface area contributed by atoms with E-state index < -0.39 is 0 Å². The second-order valence-corrected chi connectivity index (χ2v) is 5.60. The Hall–Kier alpha value is -1.59. The highest BCUT2D eigenvalue weighted by Gasteiger charge is 2.04. The number of nitrogens with zero attached hydrogens (tertiary/aromatic N) is 2. The zero-order valence-electron chi connectivity index (χ0n) is 14.4. The Labute approximate surface area is 134 Å². The first kappa shape index (κ1) is 18.5. The molecule has 0 fully saturated rings. The number of amides is 1. The molecule has 0 radical (unpaired) electrons. The third-order valence-electron chi connectivity index (χ3n) is 3.52. The maximum atomic E-state index is 11.8. The van der Waals surface area contributed by atoms with Crippen molar-refractivity contribution in [2.24, 2.45) is 0 Å². The molecule has 22 heavy (non-hydrogen) atoms. The highest BCUT2D eigenvalue weighted by atomic mass is 16.1. The van der Waals surface area contributed by atoms with E-state index in [2.05, 4.69) is 48.4 Å². The number of carbonyl (C=O) groups is 1. The van der Waals surface area contributed by atoms with Crippen molar-refractivity contribution >= 4 is 17.3 Å². The van der Waals surface area contributed by atoms with Gasteiger partial charge in [-0.25, -0.2) is 0 Å². The van der Waals surface area contributed by atoms with Gasteiger partial charge in [0.15, 0.2) is 0 Å². The van der Waals surface area contributed by atoms with Crippen molar-refractivity contribution in [3.63, 3.8) is 0 Å². The molecule has 0 spiro atoms. The summed E-state index contributed by atoms with van der Waals surface area (Å²) < 4.78 is 0. The average molecular weight is 306 g/mol. The average Bonchev–Trinajstić information content (AvgIpc) is 2.49. The van der Waals surface area contributed by atoms with Crippen LogP contribution in [0.15, 0.2) is 24.3 Å². The van der Waals surface area contributed by atoms with Gasteiger partial charge in [-0.05, 0) is 71.7 Å². The normalized spacial score (nSPS) is 10.8. The zero-order valence-corrected chi connectivity index (χ0v) is 14.4. The molecule has 1 amide bonds. The Balaban J connectivity index is 2.32. The fourth-order valence-electron chi connectivity index (χ4n) is 2.27. The van der Waals surface area contributed by atoms with Gasteiger partial charge in [0.1, 0.15) is 0 Å². The molecule has 0 saturated carbocycles. The summed E-state index contributed by atoms with van der Waals surface area (Å²) in [6.45, 7) is 8.49. The van der Waals surface area contributed by atoms with Crippen molar-refractivity contribution in [2.75, 3.05) is 57.0 Å². The third-order valence-corrected chi connectivity index (χ3v) is 3.52. The Bertz CT molecular complexity index is 427. The lowest BCUT2D eigenvalue weighted by molar-refractivity contribution is -0.115. The van der Waals surface area contributed by atoms with E-state index in [0.29, 0.717) is 6.54 Å². The number of carbonyl (C=O) groups excluding carboxylic acids is 1. The molecule has 0 aliphatic heterocycles. The number of anilines is 2. The largest absolute Gasteiger partial charge is 0.372 e. The number of hydrogen-bond donors (Lipinski definition) is 2. The summed E-state index contributed by atoms with van der Waals surface area (Å²) in [5, 5.41) is 6.08. The Morgan fingerprint density at radius 1 is 1.09 bits per heavy atom. The topological polar surface area (TPSA) is 47.6 Å². The molecule has 0 saturated heterocycles. The van der Waals surface area contributed by atoms with E-state index in [-0.39, 0.29) is 5.91 Å². The second-order valence-electron chi connectivity index (χ2n) is 5.60. The SMILES string of the molecule is CCN(CC)c1ccc(NC(=O)CNCCCN(C)C)cc1. The molecule has 0 heterocycles. The molecular weight excluding hydrogens is 276 g/mol. The smallest absolute Gasteiger partial charge is 0.238 e. The predicted molar refractivity (Wildman–Crippen MR) is 94.7 cm³/mol. The standard InChI is InChI=1S/C17H30N4O/c1-5-21(6-2)16-10-8-15(9-11-16)19-17(22)14-18-12-7-13-20(3)4/h8-11,18H,5-7,12-14H2,1-4H3,(H,19,22). The summed E-state index contributed by atoms with van der Waals surface area (Å²) in [4.78, 5) is 16.3. The molecule has 1 aromatic carbocycles. The van der Waals surface area contributed by atoms with Crippen LogP contribution in [0.5, 0.6) is 0 Å². The third kappa shape index (κ3) is 6.91. The Kier molecular flexibility index (Phi) is 8.55. The molecule has 124 valence electrons. The lowest BCUT2D eigenvalue weighted by atomic mass is 10.2. The summed E-state index contributed by atoms with van der Waals surface area (Å²) >= 11 is 0. The van der Waals surface area contributed by atoms with Crippen LogP contribution in [0.4, 0.5) is 11.4 Å². The van der Waals surface area contributed by atoms with Gasteiger partial charge in [-0.2, -0.15) is 0 Å². The number of rotatable bonds is 10. The van der Waals surface area contributed by atoms with Crippen LogP contribution in [0.2, 0.25) is 0 Å². The van der Waals surface area contributed by atoms with E-state index in [1.807, 2.05) is 24.3 Å². The molecule has 0 bridgehead atoms. The summed E-state index contributed by atoms with van der Waals surface area (Å²) in [5.41, 5.74) is 2.03. The van der Waals surface area contributed by atoms with Gasteiger partial charge in [-0.15, -0.1) is 0 Å². The van der Waals surface area contributed by atoms with E-state index >= 15 is 0 Å². The minimum atomic E-state index is 0.000409. The van der Waals surface area contributed by atoms with Gasteiger partial charge in [-0.3, -0.25) is 4.79 Å². The molecule has 5 heteroatoms. The highest BCUT2D eigenvalue weighted by molar-refractivity contribution is 5.92. The van der Waals surface area contributed by atoms with Gasteiger partial charge in [0.2, 0.25) is 5.91 Å². The molecule has 0 unspecified atom stereocenters. The minimum absolute atomic E-state index is 0.000409. The van der Waals surface area contributed by atoms with Crippen molar-refractivity contribution in [3.05, 3.63) is 24.3 Å². The molecule has 0 aromatic heterocycles. The van der Waals surface area contributed by atoms with Gasteiger partial charge in [0.25, 0.3) is 0 Å². The monoisotopic (exact) mass is 306 g/mol. The first-order chi connectivity index (χ1) is 10.6. The van der Waals surface area contributed by atoms with Crippen LogP contribution >= 0.6 is 0 Å². The van der Waals surface area contributed by atoms with Gasteiger partial charge in [0.05, 0.1) is 6.54 Å². The van der Waals surface area contributed by atoms with Crippen LogP contribution in [0, 0.1) is 0 Å². The highest BCUT2D eigenvalue weighted by Crippen LogP contribution is 2.17. The number of hydrogen-bond acceptors (Lipinski definition) is 4. The lowest BCUT2D eigenvalue weighted by Crippen LogP contribution is -2.30. The Morgan fingerprint density at radius 2 is 1.73 bits per heavy atom. The molecule has 0 atom stereocenters. The molecule has 2 N–H and O–H groups in total. The first-order valence-corrected chi connectivity index (χ1v) is 8.07. The van der Waals surface area contributed by atoms with Crippen molar-refractivity contribution in [3.8, 4) is 0 Å². The minimum Gasteiger partial charge on any atom is -0.372 e. The fourth-order valence-corrected chi connectivity index (χ4v) is 2.27. The molecule has 0 aliphatic carbocycles. The summed E-state index contributed by atoms with van der Waals surface area (Å²) in [6.07, 6.45) is 1.04. The van der Waals surface area contributed by atoms with Crippen molar-refractivity contribution in [1.82, 2.24) is 10.2 Å². The van der Waals surface area contributed by atoms with E-state index in [4.69, 9.17) is 0 Å². The van der Waals surface area contributed by atoms with Crippen LogP contribution in [0.25, 0.3) is 0 Å². The fraction of sp³-hybridized carbons (Fsp3) is 0.588. The van der Waals surface area contributed by atoms with Crippen LogP contribution in [-0.2, 0) is 4.79 Å². The number of nitrogens with one attached hydrogen (secondary N) is 2. The van der Waals surface area contributed by atoms with E-state index in [9.17, 15) is 4.79 Å². The van der Waals surface area contributed by atoms with E-state index in [1.54, 1.807) is 0 Å². The lowest BCUT2D eigenvalue weighted by Gasteiger charge is -2.21. The van der Waals surface area contributed by atoms with Crippen LogP contribution in [0.1, 0.15) is 20.3 Å². The van der Waals surface area contributed by atoms with Crippen molar-refractivity contribution in [1.29, 1.82) is 0 Å². The zero-order chi connectivity index (χ0) is 16.4. The van der Waals surface area contributed by atoms with Crippen LogP contribution in [0.3, 0.4) is 0 Å². The van der Waals surface area contributed by atoms with Gasteiger partial charge < -0.3 is 20.4 Å². The van der Waals surface area contributed by atoms with E-state index in [0.717, 1.165) is 38.3 Å². The van der Waals surface area contributed by atoms with Gasteiger partial charge >= 0.3 is 0 Å². The first-order valence-electron chi connectivity index (χ1n) is 8.07. The van der Waals surface area contributed by atoms with E-state index in [1.165, 1.54) is 5.69 Å². The van der Waals surface area contributed by atoms with Gasteiger partial charge in [0, 0.05) is 24.5 Å². The summed E-state index contributed by atoms with van der Waals surface area (Å²) in [5.74, 6) is 0.000409. The molecule has 1 rings (SSSR count). The quantitative estimate of drug-likeness (QED) is 0.649. The molecule has 0 aliphatic rings. The maximum Gasteiger partial charge on any atom is 0.238 e. The number of benzene rings is 1. The van der Waals surface area contributed by atoms with Gasteiger partial charge in [-0.1, -0.05) is 0 Å². The maximum absolute atomic E-state index is 11.8. The summed E-state index contributed by atoms with van der Waals surface area (Å²) in [7, 11) is 4.10.